The van der Waals surface area contributed by atoms with Crippen LogP contribution < -0.4 is 10.6 Å². The third-order valence-corrected chi connectivity index (χ3v) is 4.71. The molecular weight excluding hydrogens is 330 g/mol. The Labute approximate surface area is 135 Å². The Kier molecular flexibility index (Phi) is 5.41. The van der Waals surface area contributed by atoms with Crippen molar-refractivity contribution in [2.45, 2.75) is 32.4 Å². The van der Waals surface area contributed by atoms with Crippen LogP contribution in [0, 0.1) is 0 Å². The van der Waals surface area contributed by atoms with Gasteiger partial charge in [0.15, 0.2) is 0 Å². The molecule has 1 amide bonds. The van der Waals surface area contributed by atoms with Crippen molar-refractivity contribution in [1.82, 2.24) is 15.5 Å². The number of nitrogens with zero attached hydrogens (tertiary/aromatic N) is 1. The molecule has 1 fully saturated rings. The molecule has 1 aromatic carbocycles. The van der Waals surface area contributed by atoms with E-state index in [1.807, 2.05) is 45.0 Å². The van der Waals surface area contributed by atoms with Gasteiger partial charge in [-0.2, -0.15) is 0 Å². The van der Waals surface area contributed by atoms with Crippen LogP contribution >= 0.6 is 15.9 Å². The van der Waals surface area contributed by atoms with Gasteiger partial charge in [-0.25, -0.2) is 0 Å². The number of piperazine rings is 1. The molecule has 0 radical (unpaired) electrons. The summed E-state index contributed by atoms with van der Waals surface area (Å²) in [5.74, 6) is 0.0832. The highest BCUT2D eigenvalue weighted by atomic mass is 79.9. The van der Waals surface area contributed by atoms with Crippen LogP contribution in [0.5, 0.6) is 0 Å². The van der Waals surface area contributed by atoms with Crippen LogP contribution in [0.15, 0.2) is 28.7 Å². The third kappa shape index (κ3) is 4.05. The predicted molar refractivity (Wildman–Crippen MR) is 89.2 cm³/mol. The fraction of sp³-hybridized carbons (Fsp3) is 0.562. The fourth-order valence-electron chi connectivity index (χ4n) is 2.58. The average molecular weight is 354 g/mol. The van der Waals surface area contributed by atoms with Crippen molar-refractivity contribution in [2.24, 2.45) is 0 Å². The Bertz CT molecular complexity index is 481. The van der Waals surface area contributed by atoms with Crippen LogP contribution in [0.25, 0.3) is 0 Å². The number of carbonyl (C=O) groups excluding carboxylic acids is 1. The maximum absolute atomic E-state index is 12.6. The molecule has 1 saturated heterocycles. The first kappa shape index (κ1) is 16.5. The lowest BCUT2D eigenvalue weighted by Gasteiger charge is -2.40. The van der Waals surface area contributed by atoms with Crippen molar-refractivity contribution in [2.75, 3.05) is 26.2 Å². The van der Waals surface area contributed by atoms with Crippen LogP contribution in [0.3, 0.4) is 0 Å². The minimum Gasteiger partial charge on any atom is -0.348 e. The minimum absolute atomic E-state index is 0.00721. The number of halogens is 1. The van der Waals surface area contributed by atoms with E-state index >= 15 is 0 Å². The number of hydrogen-bond acceptors (Lipinski definition) is 3. The van der Waals surface area contributed by atoms with Crippen molar-refractivity contribution in [1.29, 1.82) is 0 Å². The number of hydrogen-bond donors (Lipinski definition) is 2. The molecule has 0 unspecified atom stereocenters. The zero-order valence-corrected chi connectivity index (χ0v) is 14.5. The van der Waals surface area contributed by atoms with Gasteiger partial charge in [-0.1, -0.05) is 28.1 Å². The zero-order valence-electron chi connectivity index (χ0n) is 12.9. The molecule has 1 heterocycles. The van der Waals surface area contributed by atoms with Crippen molar-refractivity contribution in [3.63, 3.8) is 0 Å². The van der Waals surface area contributed by atoms with E-state index in [0.717, 1.165) is 36.2 Å². The molecule has 0 aliphatic carbocycles. The van der Waals surface area contributed by atoms with Gasteiger partial charge in [0.2, 0.25) is 5.91 Å². The van der Waals surface area contributed by atoms with E-state index in [4.69, 9.17) is 0 Å². The second kappa shape index (κ2) is 6.90. The standard InChI is InChI=1S/C16H24BrN3O/c1-12(13-4-6-14(17)7-5-13)19-15(21)16(2,3)20-10-8-18-9-11-20/h4-7,12,18H,8-11H2,1-3H3,(H,19,21)/t12-/m1/s1. The van der Waals surface area contributed by atoms with Crippen molar-refractivity contribution in [3.05, 3.63) is 34.3 Å². The van der Waals surface area contributed by atoms with Gasteiger partial charge in [-0.05, 0) is 38.5 Å². The number of amides is 1. The molecule has 1 aliphatic heterocycles. The Hall–Kier alpha value is -0.910. The number of benzene rings is 1. The zero-order chi connectivity index (χ0) is 15.5. The van der Waals surface area contributed by atoms with Crippen LogP contribution in [0.4, 0.5) is 0 Å². The van der Waals surface area contributed by atoms with E-state index in [-0.39, 0.29) is 11.9 Å². The first-order chi connectivity index (χ1) is 9.91. The monoisotopic (exact) mass is 353 g/mol. The second-order valence-electron chi connectivity index (χ2n) is 6.04. The lowest BCUT2D eigenvalue weighted by molar-refractivity contribution is -0.132. The number of nitrogens with one attached hydrogen (secondary N) is 2. The van der Waals surface area contributed by atoms with Gasteiger partial charge in [0, 0.05) is 30.7 Å². The normalized spacial score (nSPS) is 18.3. The molecule has 116 valence electrons. The number of carbonyl (C=O) groups is 1. The molecule has 0 aromatic heterocycles. The van der Waals surface area contributed by atoms with Crippen LogP contribution in [-0.4, -0.2) is 42.5 Å². The molecule has 1 aliphatic rings. The molecule has 1 atom stereocenters. The molecule has 2 N–H and O–H groups in total. The summed E-state index contributed by atoms with van der Waals surface area (Å²) >= 11 is 3.43. The van der Waals surface area contributed by atoms with E-state index in [0.29, 0.717) is 0 Å². The van der Waals surface area contributed by atoms with Gasteiger partial charge in [0.05, 0.1) is 11.6 Å². The van der Waals surface area contributed by atoms with Gasteiger partial charge >= 0.3 is 0 Å². The summed E-state index contributed by atoms with van der Waals surface area (Å²) in [6.07, 6.45) is 0. The molecule has 2 rings (SSSR count). The second-order valence-corrected chi connectivity index (χ2v) is 6.96. The van der Waals surface area contributed by atoms with Crippen LogP contribution in [-0.2, 0) is 4.79 Å². The molecule has 5 heteroatoms. The van der Waals surface area contributed by atoms with E-state index in [1.165, 1.54) is 0 Å². The summed E-state index contributed by atoms with van der Waals surface area (Å²) in [7, 11) is 0. The van der Waals surface area contributed by atoms with E-state index in [9.17, 15) is 4.79 Å². The quantitative estimate of drug-likeness (QED) is 0.872. The lowest BCUT2D eigenvalue weighted by atomic mass is 9.99. The van der Waals surface area contributed by atoms with Crippen molar-refractivity contribution in [3.8, 4) is 0 Å². The summed E-state index contributed by atoms with van der Waals surface area (Å²) in [4.78, 5) is 14.9. The Balaban J connectivity index is 2.00. The first-order valence-electron chi connectivity index (χ1n) is 7.43. The molecule has 0 saturated carbocycles. The molecule has 1 aromatic rings. The summed E-state index contributed by atoms with van der Waals surface area (Å²) < 4.78 is 1.05. The van der Waals surface area contributed by atoms with Gasteiger partial charge in [0.1, 0.15) is 0 Å². The average Bonchev–Trinajstić information content (AvgIpc) is 2.48. The number of rotatable bonds is 4. The third-order valence-electron chi connectivity index (χ3n) is 4.18. The van der Waals surface area contributed by atoms with Gasteiger partial charge < -0.3 is 10.6 Å². The van der Waals surface area contributed by atoms with Crippen LogP contribution in [0.1, 0.15) is 32.4 Å². The summed E-state index contributed by atoms with van der Waals surface area (Å²) in [5, 5.41) is 6.46. The van der Waals surface area contributed by atoms with Crippen molar-refractivity contribution >= 4 is 21.8 Å². The van der Waals surface area contributed by atoms with Gasteiger partial charge in [-0.3, -0.25) is 9.69 Å². The fourth-order valence-corrected chi connectivity index (χ4v) is 2.84. The minimum atomic E-state index is -0.480. The molecular formula is C16H24BrN3O. The predicted octanol–water partition coefficient (Wildman–Crippen LogP) is 2.31. The van der Waals surface area contributed by atoms with Gasteiger partial charge in [0.25, 0.3) is 0 Å². The van der Waals surface area contributed by atoms with Crippen LogP contribution in [0.2, 0.25) is 0 Å². The smallest absolute Gasteiger partial charge is 0.240 e. The van der Waals surface area contributed by atoms with Crippen molar-refractivity contribution < 1.29 is 4.79 Å². The Morgan fingerprint density at radius 2 is 1.86 bits per heavy atom. The molecule has 0 bridgehead atoms. The molecule has 4 nitrogen and oxygen atoms in total. The lowest BCUT2D eigenvalue weighted by Crippen LogP contribution is -2.60. The highest BCUT2D eigenvalue weighted by molar-refractivity contribution is 9.10. The first-order valence-corrected chi connectivity index (χ1v) is 8.23. The summed E-state index contributed by atoms with van der Waals surface area (Å²) in [6.45, 7) is 9.73. The van der Waals surface area contributed by atoms with E-state index in [1.54, 1.807) is 0 Å². The van der Waals surface area contributed by atoms with E-state index < -0.39 is 5.54 Å². The Morgan fingerprint density at radius 1 is 1.29 bits per heavy atom. The molecule has 21 heavy (non-hydrogen) atoms. The maximum Gasteiger partial charge on any atom is 0.240 e. The highest BCUT2D eigenvalue weighted by Gasteiger charge is 2.35. The maximum atomic E-state index is 12.6. The van der Waals surface area contributed by atoms with E-state index in [2.05, 4.69) is 31.5 Å². The highest BCUT2D eigenvalue weighted by Crippen LogP contribution is 2.20. The topological polar surface area (TPSA) is 44.4 Å². The SMILES string of the molecule is C[C@@H](NC(=O)C(C)(C)N1CCNCC1)c1ccc(Br)cc1. The Morgan fingerprint density at radius 3 is 2.43 bits per heavy atom. The largest absolute Gasteiger partial charge is 0.348 e. The summed E-state index contributed by atoms with van der Waals surface area (Å²) in [6, 6.07) is 8.08. The van der Waals surface area contributed by atoms with Gasteiger partial charge in [-0.15, -0.1) is 0 Å². The summed E-state index contributed by atoms with van der Waals surface area (Å²) in [5.41, 5.74) is 0.633. The molecule has 0 spiro atoms.